The van der Waals surface area contributed by atoms with Crippen LogP contribution in [-0.2, 0) is 4.79 Å². The van der Waals surface area contributed by atoms with Crippen molar-refractivity contribution in [3.8, 4) is 17.2 Å². The van der Waals surface area contributed by atoms with Gasteiger partial charge in [0.2, 0.25) is 0 Å². The lowest BCUT2D eigenvalue weighted by Crippen LogP contribution is -2.38. The summed E-state index contributed by atoms with van der Waals surface area (Å²) in [7, 11) is 0. The molecule has 3 aromatic rings. The van der Waals surface area contributed by atoms with Crippen LogP contribution in [0.5, 0.6) is 11.5 Å². The van der Waals surface area contributed by atoms with E-state index in [1.54, 1.807) is 35.1 Å². The molecule has 2 aromatic carbocycles. The van der Waals surface area contributed by atoms with E-state index in [-0.39, 0.29) is 11.7 Å². The Balaban J connectivity index is 1.62. The summed E-state index contributed by atoms with van der Waals surface area (Å²) in [6.07, 6.45) is 3.67. The zero-order valence-electron chi connectivity index (χ0n) is 17.4. The Labute approximate surface area is 174 Å². The number of aryl methyl sites for hydroxylation is 1. The Morgan fingerprint density at radius 1 is 1.23 bits per heavy atom. The highest BCUT2D eigenvalue weighted by Crippen LogP contribution is 2.28. The summed E-state index contributed by atoms with van der Waals surface area (Å²) in [5.41, 5.74) is 1.26. The summed E-state index contributed by atoms with van der Waals surface area (Å²) in [5, 5.41) is 13.6. The molecule has 6 nitrogen and oxygen atoms in total. The molecule has 0 saturated heterocycles. The van der Waals surface area contributed by atoms with Crippen LogP contribution >= 0.6 is 0 Å². The van der Waals surface area contributed by atoms with Crippen LogP contribution in [0.2, 0.25) is 0 Å². The zero-order chi connectivity index (χ0) is 21.9. The van der Waals surface area contributed by atoms with Gasteiger partial charge in [0.05, 0.1) is 18.5 Å². The highest BCUT2D eigenvalue weighted by molar-refractivity contribution is 5.76. The average Bonchev–Trinajstić information content (AvgIpc) is 3.18. The molecule has 0 amide bonds. The van der Waals surface area contributed by atoms with E-state index in [1.165, 1.54) is 26.0 Å². The number of ether oxygens (including phenoxy) is 2. The van der Waals surface area contributed by atoms with Gasteiger partial charge >= 0.3 is 5.97 Å². The Morgan fingerprint density at radius 3 is 2.57 bits per heavy atom. The SMILES string of the molecule is Cc1cc(OCC(C)c2cnn(-c3ccc(F)cc3)c2)ccc1OC(C)(C)C(=O)O. The molecule has 30 heavy (non-hydrogen) atoms. The molecule has 0 radical (unpaired) electrons. The minimum Gasteiger partial charge on any atom is -0.493 e. The summed E-state index contributed by atoms with van der Waals surface area (Å²) in [6, 6.07) is 11.4. The van der Waals surface area contributed by atoms with E-state index in [9.17, 15) is 14.3 Å². The molecule has 1 atom stereocenters. The Bertz CT molecular complexity index is 1030. The van der Waals surface area contributed by atoms with E-state index in [2.05, 4.69) is 5.10 Å². The Hall–Kier alpha value is -3.35. The number of carboxylic acid groups (broad SMARTS) is 1. The molecule has 1 aromatic heterocycles. The van der Waals surface area contributed by atoms with Gasteiger partial charge in [0.1, 0.15) is 17.3 Å². The molecule has 3 rings (SSSR count). The van der Waals surface area contributed by atoms with Crippen molar-refractivity contribution in [2.75, 3.05) is 6.61 Å². The van der Waals surface area contributed by atoms with Gasteiger partial charge in [-0.15, -0.1) is 0 Å². The number of hydrogen-bond acceptors (Lipinski definition) is 4. The highest BCUT2D eigenvalue weighted by Gasteiger charge is 2.29. The van der Waals surface area contributed by atoms with Gasteiger partial charge in [0.25, 0.3) is 0 Å². The first-order chi connectivity index (χ1) is 14.2. The van der Waals surface area contributed by atoms with E-state index in [4.69, 9.17) is 9.47 Å². The summed E-state index contributed by atoms with van der Waals surface area (Å²) < 4.78 is 26.3. The molecule has 0 saturated carbocycles. The molecule has 158 valence electrons. The van der Waals surface area contributed by atoms with Crippen molar-refractivity contribution in [3.05, 3.63) is 71.8 Å². The predicted molar refractivity (Wildman–Crippen MR) is 111 cm³/mol. The fraction of sp³-hybridized carbons (Fsp3) is 0.304. The van der Waals surface area contributed by atoms with E-state index >= 15 is 0 Å². The Morgan fingerprint density at radius 2 is 1.93 bits per heavy atom. The van der Waals surface area contributed by atoms with Gasteiger partial charge in [-0.2, -0.15) is 5.10 Å². The van der Waals surface area contributed by atoms with Gasteiger partial charge in [0.15, 0.2) is 5.60 Å². The highest BCUT2D eigenvalue weighted by atomic mass is 19.1. The quantitative estimate of drug-likeness (QED) is 0.578. The Kier molecular flexibility index (Phi) is 6.10. The van der Waals surface area contributed by atoms with Crippen LogP contribution in [0.15, 0.2) is 54.9 Å². The minimum absolute atomic E-state index is 0.0846. The number of nitrogens with zero attached hydrogens (tertiary/aromatic N) is 2. The number of benzene rings is 2. The van der Waals surface area contributed by atoms with Crippen LogP contribution in [0.3, 0.4) is 0 Å². The number of rotatable bonds is 8. The lowest BCUT2D eigenvalue weighted by atomic mass is 10.1. The number of carboxylic acids is 1. The lowest BCUT2D eigenvalue weighted by Gasteiger charge is -2.23. The fourth-order valence-electron chi connectivity index (χ4n) is 2.79. The van der Waals surface area contributed by atoms with Crippen LogP contribution in [0.1, 0.15) is 37.8 Å². The molecular formula is C23H25FN2O4. The molecule has 0 bridgehead atoms. The third-order valence-electron chi connectivity index (χ3n) is 4.79. The largest absolute Gasteiger partial charge is 0.493 e. The van der Waals surface area contributed by atoms with Crippen molar-refractivity contribution in [1.82, 2.24) is 9.78 Å². The van der Waals surface area contributed by atoms with E-state index in [0.717, 1.165) is 16.8 Å². The standard InChI is InChI=1S/C23H25FN2O4/c1-15-11-20(9-10-21(15)30-23(3,4)22(27)28)29-14-16(2)17-12-25-26(13-17)19-7-5-18(24)6-8-19/h5-13,16H,14H2,1-4H3,(H,27,28). The van der Waals surface area contributed by atoms with Crippen molar-refractivity contribution >= 4 is 5.97 Å². The summed E-state index contributed by atoms with van der Waals surface area (Å²) >= 11 is 0. The number of aromatic nitrogens is 2. The first-order valence-electron chi connectivity index (χ1n) is 9.62. The maximum Gasteiger partial charge on any atom is 0.347 e. The van der Waals surface area contributed by atoms with Gasteiger partial charge in [-0.25, -0.2) is 13.9 Å². The van der Waals surface area contributed by atoms with Crippen LogP contribution in [-0.4, -0.2) is 33.1 Å². The topological polar surface area (TPSA) is 73.6 Å². The second-order valence-corrected chi connectivity index (χ2v) is 7.75. The first kappa shape index (κ1) is 21.4. The van der Waals surface area contributed by atoms with Gasteiger partial charge in [-0.3, -0.25) is 0 Å². The normalized spacial score (nSPS) is 12.4. The fourth-order valence-corrected chi connectivity index (χ4v) is 2.79. The van der Waals surface area contributed by atoms with Gasteiger partial charge in [0, 0.05) is 12.1 Å². The van der Waals surface area contributed by atoms with E-state index < -0.39 is 11.6 Å². The molecule has 0 fully saturated rings. The number of aliphatic carboxylic acids is 1. The number of hydrogen-bond donors (Lipinski definition) is 1. The zero-order valence-corrected chi connectivity index (χ0v) is 17.4. The summed E-state index contributed by atoms with van der Waals surface area (Å²) in [5.74, 6) is -0.0566. The monoisotopic (exact) mass is 412 g/mol. The molecule has 0 aliphatic rings. The first-order valence-corrected chi connectivity index (χ1v) is 9.62. The maximum absolute atomic E-state index is 13.1. The van der Waals surface area contributed by atoms with Crippen molar-refractivity contribution in [1.29, 1.82) is 0 Å². The van der Waals surface area contributed by atoms with Crippen LogP contribution < -0.4 is 9.47 Å². The second kappa shape index (κ2) is 8.57. The molecule has 0 spiro atoms. The van der Waals surface area contributed by atoms with Crippen molar-refractivity contribution in [3.63, 3.8) is 0 Å². The summed E-state index contributed by atoms with van der Waals surface area (Å²) in [6.45, 7) is 7.33. The van der Waals surface area contributed by atoms with Gasteiger partial charge < -0.3 is 14.6 Å². The van der Waals surface area contributed by atoms with Crippen LogP contribution in [0, 0.1) is 12.7 Å². The molecule has 1 unspecified atom stereocenters. The summed E-state index contributed by atoms with van der Waals surface area (Å²) in [4.78, 5) is 11.2. The maximum atomic E-state index is 13.1. The number of carbonyl (C=O) groups is 1. The molecule has 0 aliphatic heterocycles. The van der Waals surface area contributed by atoms with Crippen molar-refractivity contribution < 1.29 is 23.8 Å². The number of halogens is 1. The van der Waals surface area contributed by atoms with Gasteiger partial charge in [-0.05, 0) is 74.4 Å². The third-order valence-corrected chi connectivity index (χ3v) is 4.79. The molecule has 1 N–H and O–H groups in total. The van der Waals surface area contributed by atoms with Crippen molar-refractivity contribution in [2.24, 2.45) is 0 Å². The average molecular weight is 412 g/mol. The second-order valence-electron chi connectivity index (χ2n) is 7.75. The molecule has 1 heterocycles. The minimum atomic E-state index is -1.31. The lowest BCUT2D eigenvalue weighted by molar-refractivity contribution is -0.152. The smallest absolute Gasteiger partial charge is 0.347 e. The van der Waals surface area contributed by atoms with Gasteiger partial charge in [-0.1, -0.05) is 6.92 Å². The van der Waals surface area contributed by atoms with Crippen molar-refractivity contribution in [2.45, 2.75) is 39.2 Å². The van der Waals surface area contributed by atoms with E-state index in [1.807, 2.05) is 26.1 Å². The molecule has 0 aliphatic carbocycles. The van der Waals surface area contributed by atoms with Crippen LogP contribution in [0.4, 0.5) is 4.39 Å². The van der Waals surface area contributed by atoms with Crippen LogP contribution in [0.25, 0.3) is 5.69 Å². The molecule has 7 heteroatoms. The third kappa shape index (κ3) is 4.97. The van der Waals surface area contributed by atoms with E-state index in [0.29, 0.717) is 18.1 Å². The predicted octanol–water partition coefficient (Wildman–Crippen LogP) is 4.74. The molecular weight excluding hydrogens is 387 g/mol.